The van der Waals surface area contributed by atoms with Crippen LogP contribution in [0.25, 0.3) is 10.9 Å². The predicted molar refractivity (Wildman–Crippen MR) is 89.4 cm³/mol. The zero-order valence-corrected chi connectivity index (χ0v) is 13.6. The number of rotatable bonds is 4. The van der Waals surface area contributed by atoms with Crippen molar-refractivity contribution in [2.45, 2.75) is 13.0 Å². The molecular weight excluding hydrogens is 342 g/mol. The van der Waals surface area contributed by atoms with Crippen molar-refractivity contribution in [2.24, 2.45) is 4.99 Å². The second kappa shape index (κ2) is 6.21. The van der Waals surface area contributed by atoms with E-state index in [1.165, 1.54) is 24.8 Å². The van der Waals surface area contributed by atoms with Crippen molar-refractivity contribution in [3.05, 3.63) is 39.0 Å². The lowest BCUT2D eigenvalue weighted by Crippen LogP contribution is -2.15. The SMILES string of the molecule is CC(=O)OC[C@@H]1CSC(c2cc3cc(Cl)cc([N+](=O)[O-])c3[nH]2)=N1. The summed E-state index contributed by atoms with van der Waals surface area (Å²) in [5.41, 5.74) is 1.04. The molecule has 23 heavy (non-hydrogen) atoms. The molecule has 1 aliphatic heterocycles. The highest BCUT2D eigenvalue weighted by Crippen LogP contribution is 2.32. The Balaban J connectivity index is 1.92. The summed E-state index contributed by atoms with van der Waals surface area (Å²) < 4.78 is 4.96. The minimum Gasteiger partial charge on any atom is -0.464 e. The number of non-ortho nitro benzene ring substituents is 1. The third-order valence-electron chi connectivity index (χ3n) is 3.29. The standard InChI is InChI=1S/C14H12ClN3O4S/c1-7(19)22-5-10-6-23-14(16-10)11-3-8-2-9(15)4-12(18(20)21)13(8)17-11/h2-4,10,17H,5-6H2,1H3/t10-/m1/s1. The largest absolute Gasteiger partial charge is 0.464 e. The van der Waals surface area contributed by atoms with E-state index in [-0.39, 0.29) is 24.3 Å². The second-order valence-electron chi connectivity index (χ2n) is 5.03. The summed E-state index contributed by atoms with van der Waals surface area (Å²) in [5, 5.41) is 12.8. The smallest absolute Gasteiger partial charge is 0.302 e. The first-order valence-electron chi connectivity index (χ1n) is 6.75. The number of thioether (sulfide) groups is 1. The van der Waals surface area contributed by atoms with Crippen LogP contribution in [-0.4, -0.2) is 39.3 Å². The van der Waals surface area contributed by atoms with E-state index in [0.717, 1.165) is 5.04 Å². The van der Waals surface area contributed by atoms with Gasteiger partial charge in [-0.3, -0.25) is 19.9 Å². The molecule has 0 fully saturated rings. The molecule has 9 heteroatoms. The Morgan fingerprint density at radius 1 is 1.57 bits per heavy atom. The summed E-state index contributed by atoms with van der Waals surface area (Å²) in [6, 6.07) is 4.66. The van der Waals surface area contributed by atoms with Crippen LogP contribution in [0.15, 0.2) is 23.2 Å². The number of nitro groups is 1. The van der Waals surface area contributed by atoms with Crippen LogP contribution in [-0.2, 0) is 9.53 Å². The number of carbonyl (C=O) groups is 1. The van der Waals surface area contributed by atoms with E-state index in [2.05, 4.69) is 9.98 Å². The molecule has 0 amide bonds. The molecule has 1 aliphatic rings. The lowest BCUT2D eigenvalue weighted by Gasteiger charge is -2.04. The van der Waals surface area contributed by atoms with Crippen molar-refractivity contribution in [3.63, 3.8) is 0 Å². The van der Waals surface area contributed by atoms with Gasteiger partial charge in [0.25, 0.3) is 5.69 Å². The molecule has 0 aliphatic carbocycles. The van der Waals surface area contributed by atoms with E-state index >= 15 is 0 Å². The number of hydrogen-bond acceptors (Lipinski definition) is 6. The highest BCUT2D eigenvalue weighted by atomic mass is 35.5. The van der Waals surface area contributed by atoms with Crippen LogP contribution < -0.4 is 0 Å². The summed E-state index contributed by atoms with van der Waals surface area (Å²) >= 11 is 7.44. The molecule has 2 aromatic rings. The number of benzene rings is 1. The average molecular weight is 354 g/mol. The highest BCUT2D eigenvalue weighted by Gasteiger charge is 2.23. The van der Waals surface area contributed by atoms with Gasteiger partial charge in [-0.25, -0.2) is 0 Å². The number of H-pyrrole nitrogens is 1. The van der Waals surface area contributed by atoms with Crippen molar-refractivity contribution in [2.75, 3.05) is 12.4 Å². The molecule has 1 aromatic heterocycles. The van der Waals surface area contributed by atoms with Crippen LogP contribution in [0.4, 0.5) is 5.69 Å². The van der Waals surface area contributed by atoms with Crippen LogP contribution in [0.2, 0.25) is 5.02 Å². The van der Waals surface area contributed by atoms with Crippen molar-refractivity contribution in [1.82, 2.24) is 4.98 Å². The average Bonchev–Trinajstić information content (AvgIpc) is 3.09. The van der Waals surface area contributed by atoms with Gasteiger partial charge in [-0.1, -0.05) is 11.6 Å². The Labute approximate surface area is 140 Å². The minimum absolute atomic E-state index is 0.0705. The van der Waals surface area contributed by atoms with E-state index in [1.54, 1.807) is 12.1 Å². The molecule has 1 N–H and O–H groups in total. The number of aromatic nitrogens is 1. The lowest BCUT2D eigenvalue weighted by molar-refractivity contribution is -0.383. The summed E-state index contributed by atoms with van der Waals surface area (Å²) in [6.07, 6.45) is 0. The molecule has 1 atom stereocenters. The molecule has 2 heterocycles. The maximum atomic E-state index is 11.1. The van der Waals surface area contributed by atoms with E-state index in [4.69, 9.17) is 16.3 Å². The molecule has 120 valence electrons. The molecule has 0 radical (unpaired) electrons. The van der Waals surface area contributed by atoms with Gasteiger partial charge in [0, 0.05) is 29.2 Å². The number of hydrogen-bond donors (Lipinski definition) is 1. The number of nitro benzene ring substituents is 1. The molecule has 0 bridgehead atoms. The molecule has 3 rings (SSSR count). The number of halogens is 1. The van der Waals surface area contributed by atoms with Crippen molar-refractivity contribution >= 4 is 51.0 Å². The minimum atomic E-state index is -0.471. The summed E-state index contributed by atoms with van der Waals surface area (Å²) in [7, 11) is 0. The molecule has 0 saturated heterocycles. The zero-order chi connectivity index (χ0) is 16.6. The van der Waals surface area contributed by atoms with Crippen molar-refractivity contribution in [3.8, 4) is 0 Å². The second-order valence-corrected chi connectivity index (χ2v) is 6.48. The number of esters is 1. The zero-order valence-electron chi connectivity index (χ0n) is 12.0. The van der Waals surface area contributed by atoms with Crippen LogP contribution >= 0.6 is 23.4 Å². The number of aliphatic imine (C=N–C) groups is 1. The van der Waals surface area contributed by atoms with Gasteiger partial charge in [-0.15, -0.1) is 11.8 Å². The summed E-state index contributed by atoms with van der Waals surface area (Å²) in [4.78, 5) is 29.0. The van der Waals surface area contributed by atoms with Gasteiger partial charge in [-0.05, 0) is 12.1 Å². The Morgan fingerprint density at radius 3 is 3.04 bits per heavy atom. The topological polar surface area (TPSA) is 97.6 Å². The number of nitrogens with one attached hydrogen (secondary N) is 1. The number of carbonyl (C=O) groups excluding carboxylic acids is 1. The van der Waals surface area contributed by atoms with Crippen LogP contribution in [0, 0.1) is 10.1 Å². The number of aromatic amines is 1. The quantitative estimate of drug-likeness (QED) is 0.517. The Hall–Kier alpha value is -2.06. The van der Waals surface area contributed by atoms with Gasteiger partial charge in [0.2, 0.25) is 0 Å². The van der Waals surface area contributed by atoms with E-state index < -0.39 is 4.92 Å². The van der Waals surface area contributed by atoms with Crippen LogP contribution in [0.1, 0.15) is 12.6 Å². The van der Waals surface area contributed by atoms with Gasteiger partial charge in [0.1, 0.15) is 17.2 Å². The fourth-order valence-corrected chi connectivity index (χ4v) is 3.54. The van der Waals surface area contributed by atoms with Gasteiger partial charge < -0.3 is 9.72 Å². The van der Waals surface area contributed by atoms with Crippen LogP contribution in [0.3, 0.4) is 0 Å². The molecule has 0 unspecified atom stereocenters. The molecule has 0 spiro atoms. The van der Waals surface area contributed by atoms with Crippen LogP contribution in [0.5, 0.6) is 0 Å². The third kappa shape index (κ3) is 3.32. The predicted octanol–water partition coefficient (Wildman–Crippen LogP) is 3.15. The first kappa shape index (κ1) is 15.8. The van der Waals surface area contributed by atoms with Gasteiger partial charge >= 0.3 is 5.97 Å². The van der Waals surface area contributed by atoms with E-state index in [0.29, 0.717) is 27.4 Å². The Kier molecular flexibility index (Phi) is 4.27. The van der Waals surface area contributed by atoms with Crippen molar-refractivity contribution in [1.29, 1.82) is 0 Å². The number of fused-ring (bicyclic) bond motifs is 1. The highest BCUT2D eigenvalue weighted by molar-refractivity contribution is 8.14. The molecular formula is C14H12ClN3O4S. The number of ether oxygens (including phenoxy) is 1. The van der Waals surface area contributed by atoms with Gasteiger partial charge in [-0.2, -0.15) is 0 Å². The first-order chi connectivity index (χ1) is 10.9. The van der Waals surface area contributed by atoms with Crippen molar-refractivity contribution < 1.29 is 14.5 Å². The third-order valence-corrected chi connectivity index (χ3v) is 4.66. The summed E-state index contributed by atoms with van der Waals surface area (Å²) in [5.74, 6) is 0.357. The van der Waals surface area contributed by atoms with Gasteiger partial charge in [0.15, 0.2) is 0 Å². The fourth-order valence-electron chi connectivity index (χ4n) is 2.31. The normalized spacial score (nSPS) is 17.3. The lowest BCUT2D eigenvalue weighted by atomic mass is 10.2. The maximum Gasteiger partial charge on any atom is 0.302 e. The molecule has 7 nitrogen and oxygen atoms in total. The number of nitrogens with zero attached hydrogens (tertiary/aromatic N) is 2. The fraction of sp³-hybridized carbons (Fsp3) is 0.286. The summed E-state index contributed by atoms with van der Waals surface area (Å²) in [6.45, 7) is 1.59. The van der Waals surface area contributed by atoms with Gasteiger partial charge in [0.05, 0.1) is 16.7 Å². The first-order valence-corrected chi connectivity index (χ1v) is 8.11. The van der Waals surface area contributed by atoms with E-state index in [1.807, 2.05) is 0 Å². The Morgan fingerprint density at radius 2 is 2.35 bits per heavy atom. The Bertz CT molecular complexity index is 833. The monoisotopic (exact) mass is 353 g/mol. The van der Waals surface area contributed by atoms with E-state index in [9.17, 15) is 14.9 Å². The molecule has 1 aromatic carbocycles. The maximum absolute atomic E-state index is 11.1. The molecule has 0 saturated carbocycles.